The van der Waals surface area contributed by atoms with Gasteiger partial charge in [-0.15, -0.1) is 10.2 Å². The fraction of sp³-hybridized carbons (Fsp3) is 0.158. The van der Waals surface area contributed by atoms with E-state index in [9.17, 15) is 9.59 Å². The van der Waals surface area contributed by atoms with Crippen molar-refractivity contribution in [2.24, 2.45) is 0 Å². The molecule has 8 heteroatoms. The van der Waals surface area contributed by atoms with E-state index >= 15 is 0 Å². The second-order valence-corrected chi connectivity index (χ2v) is 6.55. The lowest BCUT2D eigenvalue weighted by molar-refractivity contribution is -0.128. The first kappa shape index (κ1) is 18.7. The normalized spacial score (nSPS) is 10.4. The van der Waals surface area contributed by atoms with Crippen molar-refractivity contribution in [2.75, 3.05) is 12.9 Å². The van der Waals surface area contributed by atoms with Crippen molar-refractivity contribution in [3.8, 4) is 11.4 Å². The van der Waals surface area contributed by atoms with Gasteiger partial charge in [-0.25, -0.2) is 0 Å². The zero-order valence-electron chi connectivity index (χ0n) is 14.7. The number of methoxy groups -OCH3 is 1. The van der Waals surface area contributed by atoms with Gasteiger partial charge in [-0.3, -0.25) is 19.5 Å². The molecule has 0 spiro atoms. The van der Waals surface area contributed by atoms with E-state index in [1.807, 2.05) is 54.6 Å². The highest BCUT2D eigenvalue weighted by molar-refractivity contribution is 7.99. The molecule has 0 bridgehead atoms. The smallest absolute Gasteiger partial charge is 0.237 e. The molecular formula is C19H18N4O3S. The Morgan fingerprint density at radius 2 is 1.93 bits per heavy atom. The fourth-order valence-electron chi connectivity index (χ4n) is 2.41. The van der Waals surface area contributed by atoms with Crippen molar-refractivity contribution < 1.29 is 14.3 Å². The number of nitrogens with zero attached hydrogens (tertiary/aromatic N) is 3. The summed E-state index contributed by atoms with van der Waals surface area (Å²) in [6.45, 7) is 0. The molecule has 0 radical (unpaired) electrons. The molecule has 0 atom stereocenters. The predicted octanol–water partition coefficient (Wildman–Crippen LogP) is 2.25. The van der Waals surface area contributed by atoms with Crippen LogP contribution in [0, 0.1) is 0 Å². The zero-order chi connectivity index (χ0) is 19.1. The number of carbonyl (C=O) groups is 2. The lowest BCUT2D eigenvalue weighted by Crippen LogP contribution is -2.33. The highest BCUT2D eigenvalue weighted by atomic mass is 32.2. The first-order valence-corrected chi connectivity index (χ1v) is 9.18. The van der Waals surface area contributed by atoms with Crippen LogP contribution in [-0.2, 0) is 16.0 Å². The molecule has 1 N–H and O–H groups in total. The molecule has 138 valence electrons. The van der Waals surface area contributed by atoms with Crippen molar-refractivity contribution >= 4 is 23.6 Å². The van der Waals surface area contributed by atoms with Crippen LogP contribution in [0.1, 0.15) is 5.56 Å². The van der Waals surface area contributed by atoms with Gasteiger partial charge in [0.2, 0.25) is 11.8 Å². The van der Waals surface area contributed by atoms with Gasteiger partial charge in [-0.1, -0.05) is 48.2 Å². The number of amides is 2. The number of carbonyl (C=O) groups excluding carboxylic acids is 2. The third-order valence-electron chi connectivity index (χ3n) is 3.67. The number of benzene rings is 2. The van der Waals surface area contributed by atoms with E-state index in [1.165, 1.54) is 11.8 Å². The maximum Gasteiger partial charge on any atom is 0.237 e. The summed E-state index contributed by atoms with van der Waals surface area (Å²) in [7, 11) is 1.59. The maximum atomic E-state index is 12.1. The van der Waals surface area contributed by atoms with Crippen LogP contribution >= 0.6 is 11.8 Å². The third kappa shape index (κ3) is 5.18. The summed E-state index contributed by atoms with van der Waals surface area (Å²) in [4.78, 5) is 24.0. The standard InChI is InChI=1S/C19H18N4O3S/c1-26-16-9-5-8-15(11-16)23-13-20-22-19(23)27-12-18(25)21-17(24)10-14-6-3-2-4-7-14/h2-9,11,13H,10,12H2,1H3,(H,21,24,25). The molecule has 0 saturated carbocycles. The summed E-state index contributed by atoms with van der Waals surface area (Å²) in [5.74, 6) is 0.0620. The summed E-state index contributed by atoms with van der Waals surface area (Å²) in [6, 6.07) is 16.7. The van der Waals surface area contributed by atoms with Crippen LogP contribution in [0.5, 0.6) is 5.75 Å². The highest BCUT2D eigenvalue weighted by Crippen LogP contribution is 2.22. The number of rotatable bonds is 7. The molecule has 3 rings (SSSR count). The molecule has 2 amide bonds. The number of ether oxygens (including phenoxy) is 1. The number of imide groups is 1. The van der Waals surface area contributed by atoms with Crippen LogP contribution in [-0.4, -0.2) is 39.4 Å². The summed E-state index contributed by atoms with van der Waals surface area (Å²) in [6.07, 6.45) is 1.73. The second kappa shape index (κ2) is 9.00. The molecule has 27 heavy (non-hydrogen) atoms. The average Bonchev–Trinajstić information content (AvgIpc) is 3.16. The van der Waals surface area contributed by atoms with Gasteiger partial charge in [0.05, 0.1) is 25.0 Å². The molecule has 3 aromatic rings. The largest absolute Gasteiger partial charge is 0.497 e. The Kier molecular flexibility index (Phi) is 6.22. The number of thioether (sulfide) groups is 1. The molecule has 0 aliphatic carbocycles. The molecule has 0 fully saturated rings. The Morgan fingerprint density at radius 3 is 2.70 bits per heavy atom. The van der Waals surface area contributed by atoms with Gasteiger partial charge < -0.3 is 4.74 Å². The second-order valence-electron chi connectivity index (χ2n) is 5.61. The van der Waals surface area contributed by atoms with Gasteiger partial charge in [0.15, 0.2) is 5.16 Å². The Bertz CT molecular complexity index is 927. The topological polar surface area (TPSA) is 86.1 Å². The van der Waals surface area contributed by atoms with E-state index in [1.54, 1.807) is 18.0 Å². The zero-order valence-corrected chi connectivity index (χ0v) is 15.5. The van der Waals surface area contributed by atoms with E-state index in [0.29, 0.717) is 10.9 Å². The highest BCUT2D eigenvalue weighted by Gasteiger charge is 2.13. The van der Waals surface area contributed by atoms with E-state index < -0.39 is 0 Å². The van der Waals surface area contributed by atoms with Gasteiger partial charge in [-0.05, 0) is 17.7 Å². The van der Waals surface area contributed by atoms with E-state index in [4.69, 9.17) is 4.74 Å². The maximum absolute atomic E-state index is 12.1. The first-order valence-electron chi connectivity index (χ1n) is 8.19. The monoisotopic (exact) mass is 382 g/mol. The van der Waals surface area contributed by atoms with Gasteiger partial charge in [0.25, 0.3) is 0 Å². The minimum Gasteiger partial charge on any atom is -0.497 e. The van der Waals surface area contributed by atoms with E-state index in [2.05, 4.69) is 15.5 Å². The van der Waals surface area contributed by atoms with Gasteiger partial charge in [-0.2, -0.15) is 0 Å². The van der Waals surface area contributed by atoms with E-state index in [0.717, 1.165) is 11.3 Å². The minimum atomic E-state index is -0.374. The van der Waals surface area contributed by atoms with Crippen molar-refractivity contribution in [1.29, 1.82) is 0 Å². The predicted molar refractivity (Wildman–Crippen MR) is 102 cm³/mol. The third-order valence-corrected chi connectivity index (χ3v) is 4.61. The molecule has 0 saturated heterocycles. The number of hydrogen-bond acceptors (Lipinski definition) is 6. The van der Waals surface area contributed by atoms with Crippen molar-refractivity contribution in [3.05, 3.63) is 66.5 Å². The average molecular weight is 382 g/mol. The fourth-order valence-corrected chi connectivity index (χ4v) is 3.14. The number of hydrogen-bond donors (Lipinski definition) is 1. The molecular weight excluding hydrogens is 364 g/mol. The Labute approximate surface area is 160 Å². The molecule has 0 aliphatic heterocycles. The molecule has 0 unspecified atom stereocenters. The van der Waals surface area contributed by atoms with Crippen LogP contribution in [0.4, 0.5) is 0 Å². The molecule has 2 aromatic carbocycles. The molecule has 0 aliphatic rings. The SMILES string of the molecule is COc1cccc(-n2cnnc2SCC(=O)NC(=O)Cc2ccccc2)c1. The lowest BCUT2D eigenvalue weighted by Gasteiger charge is -2.08. The minimum absolute atomic E-state index is 0.0587. The Hall–Kier alpha value is -3.13. The van der Waals surface area contributed by atoms with Gasteiger partial charge >= 0.3 is 0 Å². The summed E-state index contributed by atoms with van der Waals surface area (Å²) in [5, 5.41) is 10.9. The van der Waals surface area contributed by atoms with Crippen molar-refractivity contribution in [2.45, 2.75) is 11.6 Å². The quantitative estimate of drug-likeness (QED) is 0.631. The summed E-state index contributed by atoms with van der Waals surface area (Å²) >= 11 is 1.20. The summed E-state index contributed by atoms with van der Waals surface area (Å²) < 4.78 is 6.98. The first-order chi connectivity index (χ1) is 13.2. The Morgan fingerprint density at radius 1 is 1.11 bits per heavy atom. The Balaban J connectivity index is 1.56. The molecule has 7 nitrogen and oxygen atoms in total. The van der Waals surface area contributed by atoms with Crippen LogP contribution in [0.2, 0.25) is 0 Å². The van der Waals surface area contributed by atoms with E-state index in [-0.39, 0.29) is 24.0 Å². The van der Waals surface area contributed by atoms with Crippen molar-refractivity contribution in [1.82, 2.24) is 20.1 Å². The van der Waals surface area contributed by atoms with Crippen LogP contribution in [0.15, 0.2) is 66.1 Å². The number of nitrogens with one attached hydrogen (secondary N) is 1. The summed E-state index contributed by atoms with van der Waals surface area (Å²) in [5.41, 5.74) is 1.68. The van der Waals surface area contributed by atoms with Crippen molar-refractivity contribution in [3.63, 3.8) is 0 Å². The van der Waals surface area contributed by atoms with Crippen LogP contribution in [0.25, 0.3) is 5.69 Å². The lowest BCUT2D eigenvalue weighted by atomic mass is 10.1. The number of aromatic nitrogens is 3. The molecule has 1 aromatic heterocycles. The van der Waals surface area contributed by atoms with Crippen LogP contribution in [0.3, 0.4) is 0 Å². The van der Waals surface area contributed by atoms with Gasteiger partial charge in [0, 0.05) is 6.07 Å². The molecule has 1 heterocycles. The van der Waals surface area contributed by atoms with Gasteiger partial charge in [0.1, 0.15) is 12.1 Å². The van der Waals surface area contributed by atoms with Crippen LogP contribution < -0.4 is 10.1 Å².